The number of methoxy groups -OCH3 is 1. The van der Waals surface area contributed by atoms with Gasteiger partial charge >= 0.3 is 0 Å². The molecule has 0 atom stereocenters. The zero-order valence-electron chi connectivity index (χ0n) is 16.3. The van der Waals surface area contributed by atoms with Crippen LogP contribution in [0.1, 0.15) is 0 Å². The summed E-state index contributed by atoms with van der Waals surface area (Å²) in [4.78, 5) is 28.5. The Morgan fingerprint density at radius 2 is 1.93 bits per heavy atom. The van der Waals surface area contributed by atoms with Crippen molar-refractivity contribution in [3.05, 3.63) is 42.6 Å². The predicted octanol–water partition coefficient (Wildman–Crippen LogP) is 2.48. The Balaban J connectivity index is 1.17. The molecule has 29 heavy (non-hydrogen) atoms. The van der Waals surface area contributed by atoms with E-state index in [9.17, 15) is 4.79 Å². The van der Waals surface area contributed by atoms with Crippen LogP contribution in [-0.4, -0.2) is 67.2 Å². The molecule has 4 heterocycles. The summed E-state index contributed by atoms with van der Waals surface area (Å²) in [6.07, 6.45) is 1.81. The van der Waals surface area contributed by atoms with E-state index in [4.69, 9.17) is 9.72 Å². The average Bonchev–Trinajstić information content (AvgIpc) is 3.16. The highest BCUT2D eigenvalue weighted by molar-refractivity contribution is 7.22. The zero-order chi connectivity index (χ0) is 19.8. The molecule has 0 unspecified atom stereocenters. The Labute approximate surface area is 173 Å². The van der Waals surface area contributed by atoms with E-state index in [0.717, 1.165) is 66.2 Å². The molecule has 0 radical (unpaired) electrons. The third-order valence-electron chi connectivity index (χ3n) is 5.65. The van der Waals surface area contributed by atoms with Crippen LogP contribution in [0.2, 0.25) is 0 Å². The van der Waals surface area contributed by atoms with Gasteiger partial charge in [-0.15, -0.1) is 0 Å². The highest BCUT2D eigenvalue weighted by Gasteiger charge is 2.37. The fraction of sp³-hybridized carbons (Fsp3) is 0.381. The third-order valence-corrected chi connectivity index (χ3v) is 6.75. The quantitative estimate of drug-likeness (QED) is 0.660. The van der Waals surface area contributed by atoms with Crippen LogP contribution in [0.15, 0.2) is 42.6 Å². The molecule has 2 aromatic heterocycles. The molecule has 2 aliphatic heterocycles. The molecule has 0 saturated carbocycles. The van der Waals surface area contributed by atoms with Crippen molar-refractivity contribution in [1.29, 1.82) is 0 Å². The van der Waals surface area contributed by atoms with Crippen molar-refractivity contribution in [3.8, 4) is 5.75 Å². The lowest BCUT2D eigenvalue weighted by Gasteiger charge is -2.42. The number of ether oxygens (including phenoxy) is 1. The molecule has 3 aromatic rings. The molecule has 1 aromatic carbocycles. The van der Waals surface area contributed by atoms with Crippen LogP contribution in [0.4, 0.5) is 10.9 Å². The number of benzene rings is 1. The molecule has 2 saturated heterocycles. The molecule has 7 nitrogen and oxygen atoms in total. The minimum absolute atomic E-state index is 0.0675. The van der Waals surface area contributed by atoms with E-state index in [-0.39, 0.29) is 11.8 Å². The summed E-state index contributed by atoms with van der Waals surface area (Å²) in [6, 6.07) is 11.9. The molecule has 0 N–H and O–H groups in total. The summed E-state index contributed by atoms with van der Waals surface area (Å²) in [5.74, 6) is 2.14. The summed E-state index contributed by atoms with van der Waals surface area (Å²) in [7, 11) is 1.66. The first-order valence-corrected chi connectivity index (χ1v) is 10.7. The van der Waals surface area contributed by atoms with Crippen molar-refractivity contribution >= 4 is 38.4 Å². The second-order valence-electron chi connectivity index (χ2n) is 7.43. The van der Waals surface area contributed by atoms with Gasteiger partial charge in [0, 0.05) is 51.5 Å². The Morgan fingerprint density at radius 1 is 1.10 bits per heavy atom. The molecule has 2 fully saturated rings. The number of aromatic nitrogens is 2. The number of thiazole rings is 1. The lowest BCUT2D eigenvalue weighted by atomic mass is 9.99. The summed E-state index contributed by atoms with van der Waals surface area (Å²) in [6.45, 7) is 4.67. The number of carbonyl (C=O) groups excluding carboxylic acids is 1. The average molecular weight is 410 g/mol. The normalized spacial score (nSPS) is 17.5. The maximum absolute atomic E-state index is 12.9. The Morgan fingerprint density at radius 3 is 2.66 bits per heavy atom. The molecule has 8 heteroatoms. The number of amides is 1. The maximum Gasteiger partial charge on any atom is 0.229 e. The van der Waals surface area contributed by atoms with Gasteiger partial charge in [-0.05, 0) is 24.3 Å². The van der Waals surface area contributed by atoms with E-state index in [0.29, 0.717) is 0 Å². The van der Waals surface area contributed by atoms with Gasteiger partial charge < -0.3 is 19.4 Å². The van der Waals surface area contributed by atoms with Gasteiger partial charge in [-0.3, -0.25) is 4.79 Å². The van der Waals surface area contributed by atoms with Gasteiger partial charge in [-0.1, -0.05) is 17.4 Å². The number of fused-ring (bicyclic) bond motifs is 1. The smallest absolute Gasteiger partial charge is 0.229 e. The van der Waals surface area contributed by atoms with E-state index in [1.165, 1.54) is 0 Å². The SMILES string of the molecule is COc1ccc2sc(N3CC(C(=O)N4CCN(c5ccccn5)CC4)C3)nc2c1. The van der Waals surface area contributed by atoms with Crippen LogP contribution in [0.5, 0.6) is 5.75 Å². The van der Waals surface area contributed by atoms with Gasteiger partial charge in [0.25, 0.3) is 0 Å². The standard InChI is InChI=1S/C21H23N5O2S/c1-28-16-5-6-18-17(12-16)23-21(29-18)26-13-15(14-26)20(27)25-10-8-24(9-11-25)19-4-2-3-7-22-19/h2-7,12,15H,8-11,13-14H2,1H3. The minimum Gasteiger partial charge on any atom is -0.497 e. The first kappa shape index (κ1) is 18.2. The monoisotopic (exact) mass is 409 g/mol. The molecule has 5 rings (SSSR count). The lowest BCUT2D eigenvalue weighted by molar-refractivity contribution is -0.136. The molecular weight excluding hydrogens is 386 g/mol. The maximum atomic E-state index is 12.9. The first-order chi connectivity index (χ1) is 14.2. The van der Waals surface area contributed by atoms with Gasteiger partial charge in [0.05, 0.1) is 23.2 Å². The summed E-state index contributed by atoms with van der Waals surface area (Å²) >= 11 is 1.67. The van der Waals surface area contributed by atoms with Crippen molar-refractivity contribution < 1.29 is 9.53 Å². The molecule has 2 aliphatic rings. The lowest BCUT2D eigenvalue weighted by Crippen LogP contribution is -2.58. The number of nitrogens with zero attached hydrogens (tertiary/aromatic N) is 5. The Bertz CT molecular complexity index is 1010. The van der Waals surface area contributed by atoms with Gasteiger partial charge in [-0.2, -0.15) is 0 Å². The number of carbonyl (C=O) groups is 1. The third kappa shape index (κ3) is 3.48. The molecule has 0 aliphatic carbocycles. The number of pyridine rings is 1. The van der Waals surface area contributed by atoms with Gasteiger partial charge in [0.2, 0.25) is 5.91 Å². The van der Waals surface area contributed by atoms with Crippen LogP contribution in [0.3, 0.4) is 0 Å². The first-order valence-electron chi connectivity index (χ1n) is 9.85. The zero-order valence-corrected chi connectivity index (χ0v) is 17.1. The number of piperazine rings is 1. The summed E-state index contributed by atoms with van der Waals surface area (Å²) in [5.41, 5.74) is 0.949. The van der Waals surface area contributed by atoms with Gasteiger partial charge in [0.1, 0.15) is 11.6 Å². The second kappa shape index (κ2) is 7.51. The van der Waals surface area contributed by atoms with Crippen LogP contribution < -0.4 is 14.5 Å². The number of hydrogen-bond acceptors (Lipinski definition) is 7. The van der Waals surface area contributed by atoms with Crippen molar-refractivity contribution in [2.45, 2.75) is 0 Å². The van der Waals surface area contributed by atoms with E-state index < -0.39 is 0 Å². The van der Waals surface area contributed by atoms with E-state index >= 15 is 0 Å². The fourth-order valence-corrected chi connectivity index (χ4v) is 4.87. The van der Waals surface area contributed by atoms with Crippen molar-refractivity contribution in [2.24, 2.45) is 5.92 Å². The number of anilines is 2. The summed E-state index contributed by atoms with van der Waals surface area (Å²) < 4.78 is 6.42. The van der Waals surface area contributed by atoms with Crippen LogP contribution in [0.25, 0.3) is 10.2 Å². The van der Waals surface area contributed by atoms with Crippen molar-refractivity contribution in [3.63, 3.8) is 0 Å². The highest BCUT2D eigenvalue weighted by atomic mass is 32.1. The van der Waals surface area contributed by atoms with E-state index in [1.807, 2.05) is 47.5 Å². The van der Waals surface area contributed by atoms with Crippen LogP contribution >= 0.6 is 11.3 Å². The summed E-state index contributed by atoms with van der Waals surface area (Å²) in [5, 5.41) is 0.984. The van der Waals surface area contributed by atoms with Crippen molar-refractivity contribution in [1.82, 2.24) is 14.9 Å². The van der Waals surface area contributed by atoms with E-state index in [1.54, 1.807) is 18.4 Å². The molecule has 150 valence electrons. The Hall–Kier alpha value is -2.87. The fourth-order valence-electron chi connectivity index (χ4n) is 3.90. The van der Waals surface area contributed by atoms with Crippen LogP contribution in [-0.2, 0) is 4.79 Å². The number of hydrogen-bond donors (Lipinski definition) is 0. The molecule has 0 bridgehead atoms. The molecule has 0 spiro atoms. The van der Waals surface area contributed by atoms with Gasteiger partial charge in [0.15, 0.2) is 5.13 Å². The highest BCUT2D eigenvalue weighted by Crippen LogP contribution is 2.35. The van der Waals surface area contributed by atoms with Gasteiger partial charge in [-0.25, -0.2) is 9.97 Å². The Kier molecular flexibility index (Phi) is 4.71. The minimum atomic E-state index is 0.0675. The molecular formula is C21H23N5O2S. The van der Waals surface area contributed by atoms with E-state index in [2.05, 4.69) is 14.8 Å². The topological polar surface area (TPSA) is 61.8 Å². The number of rotatable bonds is 4. The molecule has 1 amide bonds. The largest absolute Gasteiger partial charge is 0.497 e. The second-order valence-corrected chi connectivity index (χ2v) is 8.44. The van der Waals surface area contributed by atoms with Crippen molar-refractivity contribution in [2.75, 3.05) is 56.2 Å². The van der Waals surface area contributed by atoms with Crippen LogP contribution in [0, 0.1) is 5.92 Å². The predicted molar refractivity (Wildman–Crippen MR) is 115 cm³/mol.